The van der Waals surface area contributed by atoms with E-state index in [4.69, 9.17) is 0 Å². The van der Waals surface area contributed by atoms with E-state index in [-0.39, 0.29) is 46.9 Å². The van der Waals surface area contributed by atoms with Crippen LogP contribution in [0.15, 0.2) is 30.4 Å². The SMILES string of the molecule is Cc1ccc(C(=O)N2CCN(C(=O)C(CC(C)C)N3C(=O)C4CC=CCC4C3=O)CC2)cc1F. The predicted molar refractivity (Wildman–Crippen MR) is 124 cm³/mol. The molecular weight excluding hydrogens is 437 g/mol. The molecule has 4 amide bonds. The number of piperazine rings is 1. The zero-order valence-corrected chi connectivity index (χ0v) is 20.0. The molecule has 3 atom stereocenters. The number of carbonyl (C=O) groups is 4. The first kappa shape index (κ1) is 24.1. The Hall–Kier alpha value is -3.03. The maximum atomic E-state index is 13.9. The van der Waals surface area contributed by atoms with Crippen LogP contribution in [0.4, 0.5) is 4.39 Å². The van der Waals surface area contributed by atoms with Gasteiger partial charge in [0, 0.05) is 31.7 Å². The van der Waals surface area contributed by atoms with Crippen LogP contribution >= 0.6 is 0 Å². The Kier molecular flexibility index (Phi) is 6.86. The Balaban J connectivity index is 1.45. The lowest BCUT2D eigenvalue weighted by Crippen LogP contribution is -2.57. The highest BCUT2D eigenvalue weighted by atomic mass is 19.1. The summed E-state index contributed by atoms with van der Waals surface area (Å²) in [5.74, 6) is -2.04. The highest BCUT2D eigenvalue weighted by Gasteiger charge is 2.51. The number of likely N-dealkylation sites (tertiary alicyclic amines) is 1. The van der Waals surface area contributed by atoms with Crippen molar-refractivity contribution in [2.75, 3.05) is 26.2 Å². The number of allylic oxidation sites excluding steroid dienone is 2. The second-order valence-corrected chi connectivity index (χ2v) is 9.93. The first-order valence-electron chi connectivity index (χ1n) is 12.0. The zero-order valence-electron chi connectivity index (χ0n) is 20.0. The molecule has 0 bridgehead atoms. The molecule has 8 heteroatoms. The highest BCUT2D eigenvalue weighted by Crippen LogP contribution is 2.37. The van der Waals surface area contributed by atoms with Gasteiger partial charge in [-0.05, 0) is 49.8 Å². The van der Waals surface area contributed by atoms with Gasteiger partial charge in [-0.1, -0.05) is 32.1 Å². The fourth-order valence-corrected chi connectivity index (χ4v) is 5.15. The van der Waals surface area contributed by atoms with Gasteiger partial charge in [0.2, 0.25) is 17.7 Å². The number of imide groups is 1. The fourth-order valence-electron chi connectivity index (χ4n) is 5.15. The van der Waals surface area contributed by atoms with Crippen molar-refractivity contribution in [2.45, 2.75) is 46.1 Å². The number of hydrogen-bond donors (Lipinski definition) is 0. The van der Waals surface area contributed by atoms with E-state index in [1.807, 2.05) is 26.0 Å². The maximum absolute atomic E-state index is 13.9. The number of aryl methyl sites for hydroxylation is 1. The van der Waals surface area contributed by atoms with Crippen molar-refractivity contribution in [1.29, 1.82) is 0 Å². The van der Waals surface area contributed by atoms with E-state index in [1.165, 1.54) is 11.0 Å². The molecule has 1 aliphatic carbocycles. The summed E-state index contributed by atoms with van der Waals surface area (Å²) in [4.78, 5) is 57.1. The largest absolute Gasteiger partial charge is 0.337 e. The fraction of sp³-hybridized carbons (Fsp3) is 0.538. The summed E-state index contributed by atoms with van der Waals surface area (Å²) >= 11 is 0. The van der Waals surface area contributed by atoms with E-state index in [0.717, 1.165) is 0 Å². The Morgan fingerprint density at radius 2 is 1.53 bits per heavy atom. The van der Waals surface area contributed by atoms with Crippen LogP contribution in [-0.4, -0.2) is 70.5 Å². The number of fused-ring (bicyclic) bond motifs is 1. The molecule has 0 N–H and O–H groups in total. The summed E-state index contributed by atoms with van der Waals surface area (Å²) in [7, 11) is 0. The number of halogens is 1. The lowest BCUT2D eigenvalue weighted by atomic mass is 9.85. The second-order valence-electron chi connectivity index (χ2n) is 9.93. The Bertz CT molecular complexity index is 1000. The van der Waals surface area contributed by atoms with Crippen molar-refractivity contribution in [3.8, 4) is 0 Å². The van der Waals surface area contributed by atoms with Crippen LogP contribution in [0.3, 0.4) is 0 Å². The van der Waals surface area contributed by atoms with Gasteiger partial charge in [-0.3, -0.25) is 24.1 Å². The lowest BCUT2D eigenvalue weighted by molar-refractivity contribution is -0.153. The van der Waals surface area contributed by atoms with E-state index in [1.54, 1.807) is 28.9 Å². The molecule has 4 rings (SSSR count). The molecule has 0 spiro atoms. The number of carbonyl (C=O) groups excluding carboxylic acids is 4. The Morgan fingerprint density at radius 3 is 2.06 bits per heavy atom. The minimum atomic E-state index is -0.820. The summed E-state index contributed by atoms with van der Waals surface area (Å²) in [5.41, 5.74) is 0.759. The van der Waals surface area contributed by atoms with Gasteiger partial charge in [-0.2, -0.15) is 0 Å². The number of benzene rings is 1. The average Bonchev–Trinajstić information content (AvgIpc) is 3.08. The van der Waals surface area contributed by atoms with Crippen LogP contribution in [0.1, 0.15) is 49.0 Å². The maximum Gasteiger partial charge on any atom is 0.254 e. The normalized spacial score (nSPS) is 23.5. The third-order valence-corrected chi connectivity index (χ3v) is 7.13. The molecule has 0 saturated carbocycles. The molecule has 2 aliphatic heterocycles. The van der Waals surface area contributed by atoms with Crippen molar-refractivity contribution in [1.82, 2.24) is 14.7 Å². The minimum Gasteiger partial charge on any atom is -0.337 e. The molecule has 1 aromatic rings. The minimum absolute atomic E-state index is 0.120. The summed E-state index contributed by atoms with van der Waals surface area (Å²) in [6.07, 6.45) is 5.35. The number of amides is 4. The summed E-state index contributed by atoms with van der Waals surface area (Å²) < 4.78 is 13.9. The standard InChI is InChI=1S/C26H32FN3O4/c1-16(2)14-22(30-24(32)19-6-4-5-7-20(19)25(30)33)26(34)29-12-10-28(11-13-29)23(31)18-9-8-17(3)21(27)15-18/h4-5,8-9,15-16,19-20,22H,6-7,10-14H2,1-3H3. The molecule has 3 unspecified atom stereocenters. The van der Waals surface area contributed by atoms with Gasteiger partial charge < -0.3 is 9.80 Å². The summed E-state index contributed by atoms with van der Waals surface area (Å²) in [6.45, 7) is 6.81. The van der Waals surface area contributed by atoms with E-state index in [9.17, 15) is 23.6 Å². The molecule has 2 saturated heterocycles. The highest BCUT2D eigenvalue weighted by molar-refractivity contribution is 6.08. The molecule has 2 heterocycles. The van der Waals surface area contributed by atoms with Gasteiger partial charge in [0.1, 0.15) is 11.9 Å². The first-order chi connectivity index (χ1) is 16.2. The van der Waals surface area contributed by atoms with Crippen molar-refractivity contribution < 1.29 is 23.6 Å². The third-order valence-electron chi connectivity index (χ3n) is 7.13. The molecule has 182 valence electrons. The topological polar surface area (TPSA) is 78.0 Å². The number of nitrogens with zero attached hydrogens (tertiary/aromatic N) is 3. The molecule has 3 aliphatic rings. The van der Waals surface area contributed by atoms with Crippen molar-refractivity contribution in [3.63, 3.8) is 0 Å². The molecule has 2 fully saturated rings. The third kappa shape index (κ3) is 4.50. The summed E-state index contributed by atoms with van der Waals surface area (Å²) in [6, 6.07) is 3.61. The molecule has 0 radical (unpaired) electrons. The molecule has 1 aromatic carbocycles. The Morgan fingerprint density at radius 1 is 0.971 bits per heavy atom. The average molecular weight is 470 g/mol. The van der Waals surface area contributed by atoms with Crippen LogP contribution in [-0.2, 0) is 14.4 Å². The second kappa shape index (κ2) is 9.68. The smallest absolute Gasteiger partial charge is 0.254 e. The first-order valence-corrected chi connectivity index (χ1v) is 12.0. The molecule has 7 nitrogen and oxygen atoms in total. The van der Waals surface area contributed by atoms with Crippen LogP contribution in [0.2, 0.25) is 0 Å². The summed E-state index contributed by atoms with van der Waals surface area (Å²) in [5, 5.41) is 0. The van der Waals surface area contributed by atoms with E-state index in [0.29, 0.717) is 51.0 Å². The number of hydrogen-bond acceptors (Lipinski definition) is 4. The Labute approximate surface area is 199 Å². The van der Waals surface area contributed by atoms with Gasteiger partial charge in [-0.15, -0.1) is 0 Å². The van der Waals surface area contributed by atoms with Crippen LogP contribution in [0.25, 0.3) is 0 Å². The predicted octanol–water partition coefficient (Wildman–Crippen LogP) is 2.78. The van der Waals surface area contributed by atoms with Crippen molar-refractivity contribution >= 4 is 23.6 Å². The molecular formula is C26H32FN3O4. The molecule has 34 heavy (non-hydrogen) atoms. The van der Waals surface area contributed by atoms with Crippen molar-refractivity contribution in [2.24, 2.45) is 17.8 Å². The van der Waals surface area contributed by atoms with E-state index in [2.05, 4.69) is 0 Å². The van der Waals surface area contributed by atoms with Crippen molar-refractivity contribution in [3.05, 3.63) is 47.3 Å². The van der Waals surface area contributed by atoms with Gasteiger partial charge >= 0.3 is 0 Å². The quantitative estimate of drug-likeness (QED) is 0.491. The van der Waals surface area contributed by atoms with Crippen LogP contribution in [0.5, 0.6) is 0 Å². The lowest BCUT2D eigenvalue weighted by Gasteiger charge is -2.38. The van der Waals surface area contributed by atoms with E-state index >= 15 is 0 Å². The zero-order chi connectivity index (χ0) is 24.6. The molecule has 0 aromatic heterocycles. The van der Waals surface area contributed by atoms with Gasteiger partial charge in [0.05, 0.1) is 11.8 Å². The van der Waals surface area contributed by atoms with E-state index < -0.39 is 11.9 Å². The van der Waals surface area contributed by atoms with Crippen LogP contribution in [0, 0.1) is 30.5 Å². The number of rotatable bonds is 5. The van der Waals surface area contributed by atoms with Gasteiger partial charge in [0.25, 0.3) is 5.91 Å². The van der Waals surface area contributed by atoms with Crippen LogP contribution < -0.4 is 0 Å². The van der Waals surface area contributed by atoms with Gasteiger partial charge in [0.15, 0.2) is 0 Å². The monoisotopic (exact) mass is 469 g/mol. The van der Waals surface area contributed by atoms with Gasteiger partial charge in [-0.25, -0.2) is 4.39 Å².